The number of fused-ring (bicyclic) bond motifs is 2. The van der Waals surface area contributed by atoms with Crippen LogP contribution in [0.15, 0.2) is 0 Å². The van der Waals surface area contributed by atoms with Gasteiger partial charge in [0.15, 0.2) is 0 Å². The Balaban J connectivity index is 1.26. The van der Waals surface area contributed by atoms with Gasteiger partial charge in [-0.3, -0.25) is 0 Å². The number of hydrogen-bond acceptors (Lipinski definition) is 4. The second-order valence-corrected chi connectivity index (χ2v) is 9.60. The molecule has 4 nitrogen and oxygen atoms in total. The number of hydrogen-bond donors (Lipinski definition) is 0. The second kappa shape index (κ2) is 7.10. The molecule has 0 N–H and O–H groups in total. The molecule has 2 aliphatic carbocycles. The quantitative estimate of drug-likeness (QED) is 0.601. The lowest BCUT2D eigenvalue weighted by Crippen LogP contribution is -2.47. The maximum Gasteiger partial charge on any atom is 0.0566 e. The van der Waals surface area contributed by atoms with Crippen LogP contribution in [-0.4, -0.2) is 52.9 Å². The second-order valence-electron chi connectivity index (χ2n) is 9.60. The van der Waals surface area contributed by atoms with Gasteiger partial charge < -0.3 is 18.9 Å². The van der Waals surface area contributed by atoms with Crippen LogP contribution in [0.4, 0.5) is 0 Å². The van der Waals surface area contributed by atoms with E-state index in [1.165, 1.54) is 25.7 Å². The van der Waals surface area contributed by atoms with Gasteiger partial charge in [-0.05, 0) is 55.8 Å². The van der Waals surface area contributed by atoms with Gasteiger partial charge in [0, 0.05) is 10.8 Å². The monoisotopic (exact) mass is 352 g/mol. The van der Waals surface area contributed by atoms with Crippen LogP contribution in [-0.2, 0) is 18.9 Å². The summed E-state index contributed by atoms with van der Waals surface area (Å²) in [5.74, 6) is 1.60. The summed E-state index contributed by atoms with van der Waals surface area (Å²) >= 11 is 0. The van der Waals surface area contributed by atoms with E-state index in [-0.39, 0.29) is 0 Å². The van der Waals surface area contributed by atoms with Crippen LogP contribution < -0.4 is 0 Å². The first-order valence-corrected chi connectivity index (χ1v) is 10.4. The minimum absolute atomic E-state index is 0.303. The SMILES string of the molecule is CCC1(COCC2CC3CCC2(COCC2(CC)COC2)C3)COC1. The van der Waals surface area contributed by atoms with E-state index >= 15 is 0 Å². The molecule has 2 saturated carbocycles. The molecule has 0 amide bonds. The van der Waals surface area contributed by atoms with E-state index in [1.807, 2.05) is 0 Å². The van der Waals surface area contributed by atoms with E-state index in [0.717, 1.165) is 71.6 Å². The normalized spacial score (nSPS) is 37.7. The molecule has 4 aliphatic rings. The van der Waals surface area contributed by atoms with Crippen LogP contribution in [0.1, 0.15) is 52.4 Å². The fourth-order valence-corrected chi connectivity index (χ4v) is 5.44. The molecule has 144 valence electrons. The van der Waals surface area contributed by atoms with Crippen molar-refractivity contribution in [1.82, 2.24) is 0 Å². The highest BCUT2D eigenvalue weighted by Gasteiger charge is 2.52. The predicted octanol–water partition coefficient (Wildman–Crippen LogP) is 3.68. The highest BCUT2D eigenvalue weighted by Crippen LogP contribution is 2.58. The van der Waals surface area contributed by atoms with Gasteiger partial charge in [0.1, 0.15) is 0 Å². The lowest BCUT2D eigenvalue weighted by Gasteiger charge is -2.43. The van der Waals surface area contributed by atoms with Crippen molar-refractivity contribution in [2.45, 2.75) is 52.4 Å². The zero-order valence-corrected chi connectivity index (χ0v) is 16.2. The minimum Gasteiger partial charge on any atom is -0.380 e. The van der Waals surface area contributed by atoms with Gasteiger partial charge in [0.25, 0.3) is 0 Å². The van der Waals surface area contributed by atoms with E-state index in [2.05, 4.69) is 13.8 Å². The van der Waals surface area contributed by atoms with Crippen molar-refractivity contribution in [2.75, 3.05) is 52.9 Å². The molecular formula is C21H36O4. The van der Waals surface area contributed by atoms with Crippen molar-refractivity contribution in [3.05, 3.63) is 0 Å². The van der Waals surface area contributed by atoms with Crippen LogP contribution in [0.3, 0.4) is 0 Å². The Morgan fingerprint density at radius 1 is 0.880 bits per heavy atom. The number of rotatable bonds is 10. The molecule has 25 heavy (non-hydrogen) atoms. The lowest BCUT2D eigenvalue weighted by molar-refractivity contribution is -0.165. The van der Waals surface area contributed by atoms with Crippen molar-refractivity contribution < 1.29 is 18.9 Å². The smallest absolute Gasteiger partial charge is 0.0566 e. The van der Waals surface area contributed by atoms with E-state index in [0.29, 0.717) is 22.2 Å². The predicted molar refractivity (Wildman–Crippen MR) is 96.6 cm³/mol. The Kier molecular flexibility index (Phi) is 5.18. The van der Waals surface area contributed by atoms with E-state index in [1.54, 1.807) is 0 Å². The fourth-order valence-electron chi connectivity index (χ4n) is 5.44. The third-order valence-corrected chi connectivity index (χ3v) is 7.89. The summed E-state index contributed by atoms with van der Waals surface area (Å²) in [5, 5.41) is 0. The molecule has 0 aromatic rings. The zero-order valence-electron chi connectivity index (χ0n) is 16.2. The van der Waals surface area contributed by atoms with Gasteiger partial charge in [-0.2, -0.15) is 0 Å². The Labute approximate surface area is 152 Å². The van der Waals surface area contributed by atoms with Crippen LogP contribution in [0.25, 0.3) is 0 Å². The first kappa shape index (κ1) is 18.2. The summed E-state index contributed by atoms with van der Waals surface area (Å²) in [6.45, 7) is 11.6. The third-order valence-electron chi connectivity index (χ3n) is 7.89. The molecule has 3 unspecified atom stereocenters. The molecule has 2 heterocycles. The first-order chi connectivity index (χ1) is 12.1. The lowest BCUT2D eigenvalue weighted by atomic mass is 9.75. The molecule has 4 heteroatoms. The standard InChI is InChI=1S/C21H36O4/c1-3-19(11-23-12-19)10-22-9-18-7-17-5-6-21(18,8-17)16-25-15-20(4-2)13-24-14-20/h17-18H,3-16H2,1-2H3. The average molecular weight is 353 g/mol. The van der Waals surface area contributed by atoms with Crippen LogP contribution in [0, 0.1) is 28.1 Å². The van der Waals surface area contributed by atoms with E-state index in [9.17, 15) is 0 Å². The largest absolute Gasteiger partial charge is 0.380 e. The van der Waals surface area contributed by atoms with Crippen molar-refractivity contribution >= 4 is 0 Å². The van der Waals surface area contributed by atoms with Gasteiger partial charge in [0.2, 0.25) is 0 Å². The summed E-state index contributed by atoms with van der Waals surface area (Å²) in [4.78, 5) is 0. The molecule has 2 aliphatic heterocycles. The molecule has 2 bridgehead atoms. The Morgan fingerprint density at radius 3 is 2.04 bits per heavy atom. The highest BCUT2D eigenvalue weighted by atomic mass is 16.5. The van der Waals surface area contributed by atoms with Crippen molar-refractivity contribution in [2.24, 2.45) is 28.1 Å². The fraction of sp³-hybridized carbons (Fsp3) is 1.00. The summed E-state index contributed by atoms with van der Waals surface area (Å²) in [6, 6.07) is 0. The topological polar surface area (TPSA) is 36.9 Å². The summed E-state index contributed by atoms with van der Waals surface area (Å²) in [6.07, 6.45) is 7.77. The van der Waals surface area contributed by atoms with Crippen molar-refractivity contribution in [1.29, 1.82) is 0 Å². The van der Waals surface area contributed by atoms with Crippen LogP contribution >= 0.6 is 0 Å². The molecule has 0 radical (unpaired) electrons. The first-order valence-electron chi connectivity index (χ1n) is 10.4. The van der Waals surface area contributed by atoms with Gasteiger partial charge in [-0.1, -0.05) is 13.8 Å². The molecule has 4 rings (SSSR count). The summed E-state index contributed by atoms with van der Waals surface area (Å²) < 4.78 is 23.4. The molecule has 3 atom stereocenters. The summed E-state index contributed by atoms with van der Waals surface area (Å²) in [5.41, 5.74) is 0.996. The van der Waals surface area contributed by atoms with Crippen LogP contribution in [0.2, 0.25) is 0 Å². The molecule has 2 saturated heterocycles. The van der Waals surface area contributed by atoms with Crippen LogP contribution in [0.5, 0.6) is 0 Å². The average Bonchev–Trinajstić information content (AvgIpc) is 3.11. The molecule has 4 fully saturated rings. The third kappa shape index (κ3) is 3.40. The van der Waals surface area contributed by atoms with Gasteiger partial charge in [-0.15, -0.1) is 0 Å². The number of ether oxygens (including phenoxy) is 4. The van der Waals surface area contributed by atoms with E-state index < -0.39 is 0 Å². The van der Waals surface area contributed by atoms with Crippen molar-refractivity contribution in [3.8, 4) is 0 Å². The highest BCUT2D eigenvalue weighted by molar-refractivity contribution is 5.02. The van der Waals surface area contributed by atoms with Gasteiger partial charge in [0.05, 0.1) is 52.9 Å². The molecule has 0 spiro atoms. The summed E-state index contributed by atoms with van der Waals surface area (Å²) in [7, 11) is 0. The zero-order chi connectivity index (χ0) is 17.4. The Morgan fingerprint density at radius 2 is 1.52 bits per heavy atom. The van der Waals surface area contributed by atoms with Gasteiger partial charge >= 0.3 is 0 Å². The van der Waals surface area contributed by atoms with Crippen molar-refractivity contribution in [3.63, 3.8) is 0 Å². The maximum atomic E-state index is 6.31. The Bertz CT molecular complexity index is 446. The Hall–Kier alpha value is -0.160. The maximum absolute atomic E-state index is 6.31. The molecule has 0 aromatic heterocycles. The van der Waals surface area contributed by atoms with E-state index in [4.69, 9.17) is 18.9 Å². The molecular weight excluding hydrogens is 316 g/mol. The molecule has 0 aromatic carbocycles. The van der Waals surface area contributed by atoms with Gasteiger partial charge in [-0.25, -0.2) is 0 Å². The minimum atomic E-state index is 0.303.